The molecular weight excluding hydrogens is 374 g/mol. The predicted molar refractivity (Wildman–Crippen MR) is 93.8 cm³/mol. The average Bonchev–Trinajstić information content (AvgIpc) is 2.97. The molecule has 2 aromatic rings. The van der Waals surface area contributed by atoms with Crippen LogP contribution in [0.1, 0.15) is 11.1 Å². The molecule has 2 aromatic carbocycles. The summed E-state index contributed by atoms with van der Waals surface area (Å²) in [4.78, 5) is 16.3. The van der Waals surface area contributed by atoms with Crippen LogP contribution in [-0.2, 0) is 9.53 Å². The predicted octanol–water partition coefficient (Wildman–Crippen LogP) is 3.16. The van der Waals surface area contributed by atoms with Gasteiger partial charge in [-0.25, -0.2) is 9.79 Å². The third kappa shape index (κ3) is 3.72. The van der Waals surface area contributed by atoms with Crippen LogP contribution in [0.2, 0.25) is 0 Å². The molecule has 0 saturated heterocycles. The van der Waals surface area contributed by atoms with Gasteiger partial charge in [-0.05, 0) is 35.9 Å². The molecule has 1 aliphatic heterocycles. The maximum absolute atomic E-state index is 12.0. The largest absolute Gasteiger partial charge is 0.491 e. The second kappa shape index (κ2) is 7.42. The van der Waals surface area contributed by atoms with Crippen LogP contribution in [-0.4, -0.2) is 30.2 Å². The fourth-order valence-corrected chi connectivity index (χ4v) is 2.61. The Morgan fingerprint density at radius 3 is 2.71 bits per heavy atom. The first-order valence-electron chi connectivity index (χ1n) is 7.28. The van der Waals surface area contributed by atoms with Crippen molar-refractivity contribution >= 4 is 33.9 Å². The summed E-state index contributed by atoms with van der Waals surface area (Å²) in [6, 6.07) is 14.6. The van der Waals surface area contributed by atoms with Crippen molar-refractivity contribution in [2.45, 2.75) is 0 Å². The summed E-state index contributed by atoms with van der Waals surface area (Å²) in [5, 5.41) is 8.78. The van der Waals surface area contributed by atoms with E-state index in [2.05, 4.69) is 20.9 Å². The van der Waals surface area contributed by atoms with Crippen molar-refractivity contribution in [3.63, 3.8) is 0 Å². The van der Waals surface area contributed by atoms with Crippen molar-refractivity contribution in [2.75, 3.05) is 13.2 Å². The molecule has 0 saturated carbocycles. The number of esters is 1. The van der Waals surface area contributed by atoms with Gasteiger partial charge < -0.3 is 14.6 Å². The first-order valence-corrected chi connectivity index (χ1v) is 8.08. The van der Waals surface area contributed by atoms with Gasteiger partial charge in [0.05, 0.1) is 6.61 Å². The first kappa shape index (κ1) is 16.4. The van der Waals surface area contributed by atoms with E-state index in [1.165, 1.54) is 0 Å². The number of nitrogens with zero attached hydrogens (tertiary/aromatic N) is 1. The Bertz CT molecular complexity index is 815. The number of benzene rings is 2. The van der Waals surface area contributed by atoms with Gasteiger partial charge in [0.15, 0.2) is 5.70 Å². The highest BCUT2D eigenvalue weighted by molar-refractivity contribution is 9.10. The fraction of sp³-hybridized carbons (Fsp3) is 0.111. The summed E-state index contributed by atoms with van der Waals surface area (Å²) in [5.74, 6) is 0.438. The monoisotopic (exact) mass is 387 g/mol. The summed E-state index contributed by atoms with van der Waals surface area (Å²) >= 11 is 3.44. The van der Waals surface area contributed by atoms with E-state index in [1.807, 2.05) is 30.3 Å². The molecule has 6 heteroatoms. The second-order valence-electron chi connectivity index (χ2n) is 4.96. The van der Waals surface area contributed by atoms with E-state index >= 15 is 0 Å². The molecule has 1 heterocycles. The number of carbonyl (C=O) groups is 1. The lowest BCUT2D eigenvalue weighted by Gasteiger charge is -2.06. The minimum absolute atomic E-state index is 0.0494. The number of aliphatic imine (C=N–C) groups is 1. The van der Waals surface area contributed by atoms with Crippen molar-refractivity contribution in [3.8, 4) is 5.75 Å². The van der Waals surface area contributed by atoms with Crippen molar-refractivity contribution in [1.29, 1.82) is 0 Å². The van der Waals surface area contributed by atoms with Crippen LogP contribution < -0.4 is 4.74 Å². The van der Waals surface area contributed by atoms with Crippen molar-refractivity contribution in [3.05, 3.63) is 69.8 Å². The standard InChI is InChI=1S/C18H14BrNO4/c19-15-11-14(23-9-8-21)7-6-13(15)10-16-18(22)24-17(20-16)12-4-2-1-3-5-12/h1-7,10-11,21H,8-9H2/b16-10+. The van der Waals surface area contributed by atoms with E-state index in [-0.39, 0.29) is 18.9 Å². The van der Waals surface area contributed by atoms with Gasteiger partial charge >= 0.3 is 5.97 Å². The van der Waals surface area contributed by atoms with E-state index in [0.29, 0.717) is 11.6 Å². The Labute approximate surface area is 147 Å². The Morgan fingerprint density at radius 1 is 1.21 bits per heavy atom. The molecule has 122 valence electrons. The number of ether oxygens (including phenoxy) is 2. The summed E-state index contributed by atoms with van der Waals surface area (Å²) in [6.07, 6.45) is 1.65. The van der Waals surface area contributed by atoms with Gasteiger partial charge in [-0.1, -0.05) is 40.2 Å². The topological polar surface area (TPSA) is 68.1 Å². The van der Waals surface area contributed by atoms with E-state index in [1.54, 1.807) is 24.3 Å². The molecule has 0 aromatic heterocycles. The van der Waals surface area contributed by atoms with Gasteiger partial charge in [-0.2, -0.15) is 0 Å². The van der Waals surface area contributed by atoms with Crippen LogP contribution in [0.25, 0.3) is 6.08 Å². The Balaban J connectivity index is 1.85. The highest BCUT2D eigenvalue weighted by Gasteiger charge is 2.24. The maximum Gasteiger partial charge on any atom is 0.363 e. The highest BCUT2D eigenvalue weighted by atomic mass is 79.9. The average molecular weight is 388 g/mol. The number of halogens is 1. The molecule has 3 rings (SSSR count). The molecule has 0 spiro atoms. The zero-order valence-corrected chi connectivity index (χ0v) is 14.2. The third-order valence-corrected chi connectivity index (χ3v) is 3.95. The first-order chi connectivity index (χ1) is 11.7. The minimum atomic E-state index is -0.485. The van der Waals surface area contributed by atoms with Crippen molar-refractivity contribution in [1.82, 2.24) is 0 Å². The maximum atomic E-state index is 12.0. The normalized spacial score (nSPS) is 15.3. The van der Waals surface area contributed by atoms with Gasteiger partial charge in [0, 0.05) is 10.0 Å². The van der Waals surface area contributed by atoms with Crippen LogP contribution in [0.4, 0.5) is 0 Å². The molecule has 1 N–H and O–H groups in total. The Morgan fingerprint density at radius 2 is 2.00 bits per heavy atom. The van der Waals surface area contributed by atoms with E-state index < -0.39 is 5.97 Å². The number of rotatable bonds is 5. The molecule has 0 radical (unpaired) electrons. The number of hydrogen-bond acceptors (Lipinski definition) is 5. The molecule has 0 unspecified atom stereocenters. The molecule has 1 aliphatic rings. The number of hydrogen-bond donors (Lipinski definition) is 1. The van der Waals surface area contributed by atoms with Crippen molar-refractivity contribution in [2.24, 2.45) is 4.99 Å². The molecule has 0 bridgehead atoms. The number of aliphatic hydroxyl groups is 1. The van der Waals surface area contributed by atoms with E-state index in [4.69, 9.17) is 14.6 Å². The summed E-state index contributed by atoms with van der Waals surface area (Å²) in [7, 11) is 0. The van der Waals surface area contributed by atoms with Gasteiger partial charge in [0.2, 0.25) is 5.90 Å². The van der Waals surface area contributed by atoms with Crippen LogP contribution in [0.15, 0.2) is 63.7 Å². The van der Waals surface area contributed by atoms with Gasteiger partial charge in [0.25, 0.3) is 0 Å². The summed E-state index contributed by atoms with van der Waals surface area (Å²) in [6.45, 7) is 0.177. The number of cyclic esters (lactones) is 1. The fourth-order valence-electron chi connectivity index (χ4n) is 2.14. The lowest BCUT2D eigenvalue weighted by molar-refractivity contribution is -0.129. The SMILES string of the molecule is O=C1OC(c2ccccc2)=N/C1=C/c1ccc(OCCO)cc1Br. The minimum Gasteiger partial charge on any atom is -0.491 e. The van der Waals surface area contributed by atoms with Crippen LogP contribution in [0.5, 0.6) is 5.75 Å². The molecule has 0 aliphatic carbocycles. The zero-order valence-electron chi connectivity index (χ0n) is 12.6. The smallest absolute Gasteiger partial charge is 0.363 e. The molecule has 0 atom stereocenters. The quantitative estimate of drug-likeness (QED) is 0.631. The van der Waals surface area contributed by atoms with Gasteiger partial charge in [-0.3, -0.25) is 0 Å². The molecular formula is C18H14BrNO4. The number of aliphatic hydroxyl groups excluding tert-OH is 1. The molecule has 0 amide bonds. The lowest BCUT2D eigenvalue weighted by atomic mass is 10.2. The third-order valence-electron chi connectivity index (χ3n) is 3.27. The van der Waals surface area contributed by atoms with Crippen LogP contribution in [0, 0.1) is 0 Å². The summed E-state index contributed by atoms with van der Waals surface area (Å²) in [5.41, 5.74) is 1.76. The second-order valence-corrected chi connectivity index (χ2v) is 5.81. The van der Waals surface area contributed by atoms with E-state index in [9.17, 15) is 4.79 Å². The molecule has 24 heavy (non-hydrogen) atoms. The van der Waals surface area contributed by atoms with Crippen LogP contribution in [0.3, 0.4) is 0 Å². The van der Waals surface area contributed by atoms with Gasteiger partial charge in [-0.15, -0.1) is 0 Å². The summed E-state index contributed by atoms with van der Waals surface area (Å²) < 4.78 is 11.3. The molecule has 5 nitrogen and oxygen atoms in total. The number of carbonyl (C=O) groups excluding carboxylic acids is 1. The van der Waals surface area contributed by atoms with Crippen LogP contribution >= 0.6 is 15.9 Å². The lowest BCUT2D eigenvalue weighted by Crippen LogP contribution is -2.05. The highest BCUT2D eigenvalue weighted by Crippen LogP contribution is 2.27. The Hall–Kier alpha value is -2.44. The Kier molecular flexibility index (Phi) is 5.08. The molecule has 0 fully saturated rings. The van der Waals surface area contributed by atoms with Crippen molar-refractivity contribution < 1.29 is 19.4 Å². The zero-order chi connectivity index (χ0) is 16.9. The van der Waals surface area contributed by atoms with Gasteiger partial charge in [0.1, 0.15) is 12.4 Å². The van der Waals surface area contributed by atoms with E-state index in [0.717, 1.165) is 15.6 Å².